The van der Waals surface area contributed by atoms with Crippen molar-refractivity contribution in [2.24, 2.45) is 0 Å². The van der Waals surface area contributed by atoms with Crippen molar-refractivity contribution in [1.29, 1.82) is 0 Å². The van der Waals surface area contributed by atoms with Gasteiger partial charge in [0.05, 0.1) is 5.92 Å². The van der Waals surface area contributed by atoms with Crippen LogP contribution in [-0.4, -0.2) is 5.97 Å². The molecule has 3 aromatic carbocycles. The number of hydrogen-bond donors (Lipinski definition) is 0. The van der Waals surface area contributed by atoms with Gasteiger partial charge in [-0.25, -0.2) is 0 Å². The minimum Gasteiger partial charge on any atom is -0.457 e. The maximum atomic E-state index is 12.9. The lowest BCUT2D eigenvalue weighted by Crippen LogP contribution is -2.31. The molecule has 2 nitrogen and oxygen atoms in total. The first kappa shape index (κ1) is 15.6. The van der Waals surface area contributed by atoms with E-state index in [9.17, 15) is 4.79 Å². The molecule has 4 rings (SSSR count). The molecule has 0 N–H and O–H groups in total. The second kappa shape index (κ2) is 6.94. The predicted molar refractivity (Wildman–Crippen MR) is 98.3 cm³/mol. The summed E-state index contributed by atoms with van der Waals surface area (Å²) in [6, 6.07) is 30.3. The highest BCUT2D eigenvalue weighted by atomic mass is 16.5. The minimum atomic E-state index is -0.261. The molecule has 1 aliphatic rings. The lowest BCUT2D eigenvalue weighted by molar-refractivity contribution is -0.158. The number of carbonyl (C=O) groups excluding carboxylic acids is 1. The largest absolute Gasteiger partial charge is 0.457 e. The molecular formula is C23H20O2. The Labute approximate surface area is 148 Å². The number of ether oxygens (including phenoxy) is 1. The Balaban J connectivity index is 1.73. The van der Waals surface area contributed by atoms with Crippen LogP contribution in [0.4, 0.5) is 0 Å². The third-order valence-corrected chi connectivity index (χ3v) is 4.94. The van der Waals surface area contributed by atoms with E-state index in [0.29, 0.717) is 0 Å². The predicted octanol–water partition coefficient (Wildman–Crippen LogP) is 5.24. The van der Waals surface area contributed by atoms with Crippen molar-refractivity contribution < 1.29 is 9.53 Å². The van der Waals surface area contributed by atoms with E-state index in [1.54, 1.807) is 0 Å². The minimum absolute atomic E-state index is 0.107. The Hall–Kier alpha value is -2.87. The summed E-state index contributed by atoms with van der Waals surface area (Å²) in [4.78, 5) is 12.9. The van der Waals surface area contributed by atoms with Gasteiger partial charge in [0.25, 0.3) is 0 Å². The van der Waals surface area contributed by atoms with E-state index in [-0.39, 0.29) is 23.9 Å². The zero-order valence-corrected chi connectivity index (χ0v) is 13.9. The van der Waals surface area contributed by atoms with Gasteiger partial charge in [-0.2, -0.15) is 0 Å². The zero-order valence-electron chi connectivity index (χ0n) is 13.9. The van der Waals surface area contributed by atoms with Crippen LogP contribution in [0.25, 0.3) is 0 Å². The van der Waals surface area contributed by atoms with Crippen LogP contribution in [0.3, 0.4) is 0 Å². The molecule has 0 spiro atoms. The number of rotatable bonds is 3. The first-order chi connectivity index (χ1) is 12.3. The topological polar surface area (TPSA) is 26.3 Å². The molecule has 3 atom stereocenters. The fourth-order valence-electron chi connectivity index (χ4n) is 3.72. The van der Waals surface area contributed by atoms with Crippen LogP contribution in [-0.2, 0) is 9.53 Å². The lowest BCUT2D eigenvalue weighted by Gasteiger charge is -2.36. The summed E-state index contributed by atoms with van der Waals surface area (Å²) >= 11 is 0. The highest BCUT2D eigenvalue weighted by Crippen LogP contribution is 2.45. The number of cyclic esters (lactones) is 1. The Bertz CT molecular complexity index is 828. The molecule has 2 heteroatoms. The fourth-order valence-corrected chi connectivity index (χ4v) is 3.72. The molecule has 0 aromatic heterocycles. The van der Waals surface area contributed by atoms with Crippen molar-refractivity contribution in [3.05, 3.63) is 108 Å². The van der Waals surface area contributed by atoms with Crippen molar-refractivity contribution in [1.82, 2.24) is 0 Å². The number of hydrogen-bond acceptors (Lipinski definition) is 2. The molecule has 0 aliphatic carbocycles. The van der Waals surface area contributed by atoms with E-state index in [0.717, 1.165) is 17.5 Å². The summed E-state index contributed by atoms with van der Waals surface area (Å²) in [6.07, 6.45) is 0.596. The molecule has 0 radical (unpaired) electrons. The summed E-state index contributed by atoms with van der Waals surface area (Å²) in [7, 11) is 0. The first-order valence-corrected chi connectivity index (χ1v) is 8.68. The van der Waals surface area contributed by atoms with Crippen LogP contribution in [0.1, 0.15) is 41.1 Å². The van der Waals surface area contributed by atoms with Crippen molar-refractivity contribution in [3.8, 4) is 0 Å². The first-order valence-electron chi connectivity index (χ1n) is 8.68. The van der Waals surface area contributed by atoms with Gasteiger partial charge in [0.15, 0.2) is 0 Å². The molecule has 0 saturated carbocycles. The maximum Gasteiger partial charge on any atom is 0.314 e. The van der Waals surface area contributed by atoms with Crippen molar-refractivity contribution in [2.75, 3.05) is 0 Å². The maximum absolute atomic E-state index is 12.9. The normalized spacial score (nSPS) is 23.0. The summed E-state index contributed by atoms with van der Waals surface area (Å²) in [5, 5.41) is 0. The molecule has 3 unspecified atom stereocenters. The average molecular weight is 328 g/mol. The van der Waals surface area contributed by atoms with Crippen LogP contribution in [0.5, 0.6) is 0 Å². The van der Waals surface area contributed by atoms with Gasteiger partial charge in [-0.3, -0.25) is 4.79 Å². The van der Waals surface area contributed by atoms with Gasteiger partial charge < -0.3 is 4.74 Å². The highest BCUT2D eigenvalue weighted by Gasteiger charge is 2.40. The van der Waals surface area contributed by atoms with E-state index in [1.807, 2.05) is 78.9 Å². The standard InChI is InChI=1S/C23H20O2/c24-23-22(19-14-8-3-9-15-19)20(17-10-4-1-5-11-17)16-21(25-23)18-12-6-2-7-13-18/h1-15,20-22H,16H2. The highest BCUT2D eigenvalue weighted by molar-refractivity contribution is 5.80. The molecule has 1 fully saturated rings. The van der Waals surface area contributed by atoms with Gasteiger partial charge in [0.2, 0.25) is 0 Å². The summed E-state index contributed by atoms with van der Waals surface area (Å²) in [6.45, 7) is 0. The van der Waals surface area contributed by atoms with E-state index in [1.165, 1.54) is 5.56 Å². The number of carbonyl (C=O) groups is 1. The van der Waals surface area contributed by atoms with Crippen LogP contribution < -0.4 is 0 Å². The molecule has 0 amide bonds. The van der Waals surface area contributed by atoms with Gasteiger partial charge in [-0.15, -0.1) is 0 Å². The van der Waals surface area contributed by atoms with Gasteiger partial charge in [-0.1, -0.05) is 91.0 Å². The van der Waals surface area contributed by atoms with Crippen LogP contribution in [0, 0.1) is 0 Å². The smallest absolute Gasteiger partial charge is 0.314 e. The molecule has 124 valence electrons. The SMILES string of the molecule is O=C1OC(c2ccccc2)CC(c2ccccc2)C1c1ccccc1. The van der Waals surface area contributed by atoms with Gasteiger partial charge in [0.1, 0.15) is 6.10 Å². The molecule has 1 aliphatic heterocycles. The third-order valence-electron chi connectivity index (χ3n) is 4.94. The van der Waals surface area contributed by atoms with Gasteiger partial charge >= 0.3 is 5.97 Å². The van der Waals surface area contributed by atoms with Gasteiger partial charge in [-0.05, 0) is 23.1 Å². The molecule has 1 heterocycles. The van der Waals surface area contributed by atoms with E-state index < -0.39 is 0 Å². The second-order valence-electron chi connectivity index (χ2n) is 6.48. The van der Waals surface area contributed by atoms with Crippen molar-refractivity contribution in [2.45, 2.75) is 24.4 Å². The van der Waals surface area contributed by atoms with E-state index in [4.69, 9.17) is 4.74 Å². The molecule has 1 saturated heterocycles. The Morgan fingerprint density at radius 1 is 0.640 bits per heavy atom. The summed E-state index contributed by atoms with van der Waals surface area (Å²) in [5.41, 5.74) is 3.27. The van der Waals surface area contributed by atoms with Crippen LogP contribution in [0.2, 0.25) is 0 Å². The van der Waals surface area contributed by atoms with Crippen LogP contribution in [0.15, 0.2) is 91.0 Å². The fraction of sp³-hybridized carbons (Fsp3) is 0.174. The Kier molecular flexibility index (Phi) is 4.34. The van der Waals surface area contributed by atoms with Crippen LogP contribution >= 0.6 is 0 Å². The molecule has 25 heavy (non-hydrogen) atoms. The molecular weight excluding hydrogens is 308 g/mol. The van der Waals surface area contributed by atoms with E-state index >= 15 is 0 Å². The second-order valence-corrected chi connectivity index (χ2v) is 6.48. The van der Waals surface area contributed by atoms with E-state index in [2.05, 4.69) is 12.1 Å². The Morgan fingerprint density at radius 3 is 1.68 bits per heavy atom. The Morgan fingerprint density at radius 2 is 1.12 bits per heavy atom. The number of esters is 1. The summed E-state index contributed by atoms with van der Waals surface area (Å²) < 4.78 is 5.85. The average Bonchev–Trinajstić information content (AvgIpc) is 2.69. The quantitative estimate of drug-likeness (QED) is 0.614. The van der Waals surface area contributed by atoms with Crippen molar-refractivity contribution >= 4 is 5.97 Å². The van der Waals surface area contributed by atoms with Crippen molar-refractivity contribution in [3.63, 3.8) is 0 Å². The molecule has 3 aromatic rings. The zero-order chi connectivity index (χ0) is 17.1. The lowest BCUT2D eigenvalue weighted by atomic mass is 9.75. The third kappa shape index (κ3) is 3.20. The number of benzene rings is 3. The van der Waals surface area contributed by atoms with Gasteiger partial charge in [0, 0.05) is 5.92 Å². The monoisotopic (exact) mass is 328 g/mol. The molecule has 0 bridgehead atoms. The summed E-state index contributed by atoms with van der Waals surface area (Å²) in [5.74, 6) is -0.293.